The third kappa shape index (κ3) is 2.00. The molecule has 4 aromatic heterocycles. The van der Waals surface area contributed by atoms with E-state index < -0.39 is 0 Å². The molecule has 0 amide bonds. The second kappa shape index (κ2) is 4.75. The molecule has 0 saturated heterocycles. The number of H-pyrrole nitrogens is 1. The molecule has 0 atom stereocenters. The number of rotatable bonds is 2. The first-order valence-corrected chi connectivity index (χ1v) is 7.37. The van der Waals surface area contributed by atoms with E-state index in [1.54, 1.807) is 29.9 Å². The van der Waals surface area contributed by atoms with Crippen LogP contribution in [0.2, 0.25) is 0 Å². The summed E-state index contributed by atoms with van der Waals surface area (Å²) in [6, 6.07) is 5.95. The van der Waals surface area contributed by atoms with Crippen molar-refractivity contribution in [2.75, 3.05) is 0 Å². The number of nitrogens with one attached hydrogen (secondary N) is 1. The summed E-state index contributed by atoms with van der Waals surface area (Å²) in [5, 5.41) is 9.36. The molecule has 6 heteroatoms. The fraction of sp³-hybridized carbons (Fsp3) is 0.0667. The second-order valence-corrected chi connectivity index (χ2v) is 5.62. The van der Waals surface area contributed by atoms with Crippen molar-refractivity contribution in [2.45, 2.75) is 6.92 Å². The smallest absolute Gasteiger partial charge is 0.200 e. The van der Waals surface area contributed by atoms with E-state index in [-0.39, 0.29) is 0 Å². The summed E-state index contributed by atoms with van der Waals surface area (Å²) in [5.74, 6) is 0. The lowest BCUT2D eigenvalue weighted by atomic mass is 10.2. The van der Waals surface area contributed by atoms with Gasteiger partial charge in [-0.1, -0.05) is 0 Å². The Kier molecular flexibility index (Phi) is 2.75. The fourth-order valence-corrected chi connectivity index (χ4v) is 3.16. The van der Waals surface area contributed by atoms with Crippen molar-refractivity contribution in [1.82, 2.24) is 25.1 Å². The van der Waals surface area contributed by atoms with Crippen LogP contribution in [-0.2, 0) is 0 Å². The number of hydrogen-bond acceptors (Lipinski definition) is 5. The first-order chi connectivity index (χ1) is 10.3. The van der Waals surface area contributed by atoms with Crippen LogP contribution in [0.25, 0.3) is 33.0 Å². The molecular weight excluding hydrogens is 282 g/mol. The van der Waals surface area contributed by atoms with Crippen LogP contribution in [-0.4, -0.2) is 25.1 Å². The molecule has 0 saturated carbocycles. The monoisotopic (exact) mass is 293 g/mol. The van der Waals surface area contributed by atoms with Crippen LogP contribution in [0.1, 0.15) is 5.56 Å². The SMILES string of the molecule is Cc1ccsc1-c1[nH]nc2ncc(-c3cccnc3)nc12. The molecule has 5 nitrogen and oxygen atoms in total. The molecule has 4 rings (SSSR count). The number of hydrogen-bond donors (Lipinski definition) is 1. The van der Waals surface area contributed by atoms with Crippen molar-refractivity contribution in [3.8, 4) is 21.8 Å². The number of fused-ring (bicyclic) bond motifs is 1. The number of thiophene rings is 1. The van der Waals surface area contributed by atoms with Gasteiger partial charge in [-0.15, -0.1) is 11.3 Å². The van der Waals surface area contributed by atoms with Crippen molar-refractivity contribution < 1.29 is 0 Å². The molecule has 0 unspecified atom stereocenters. The van der Waals surface area contributed by atoms with Crippen molar-refractivity contribution in [3.05, 3.63) is 47.7 Å². The van der Waals surface area contributed by atoms with Crippen molar-refractivity contribution in [3.63, 3.8) is 0 Å². The summed E-state index contributed by atoms with van der Waals surface area (Å²) in [7, 11) is 0. The average Bonchev–Trinajstić information content (AvgIpc) is 3.13. The largest absolute Gasteiger partial charge is 0.273 e. The molecule has 0 fully saturated rings. The van der Waals surface area contributed by atoms with Crippen LogP contribution in [0.15, 0.2) is 42.2 Å². The normalized spacial score (nSPS) is 11.1. The van der Waals surface area contributed by atoms with Gasteiger partial charge >= 0.3 is 0 Å². The predicted molar refractivity (Wildman–Crippen MR) is 83.0 cm³/mol. The summed E-state index contributed by atoms with van der Waals surface area (Å²) >= 11 is 1.67. The van der Waals surface area contributed by atoms with E-state index in [9.17, 15) is 0 Å². The zero-order valence-electron chi connectivity index (χ0n) is 11.2. The molecule has 21 heavy (non-hydrogen) atoms. The minimum absolute atomic E-state index is 0.630. The molecule has 0 radical (unpaired) electrons. The molecule has 102 valence electrons. The number of pyridine rings is 1. The van der Waals surface area contributed by atoms with Gasteiger partial charge in [-0.3, -0.25) is 10.1 Å². The Morgan fingerprint density at radius 3 is 2.90 bits per heavy atom. The summed E-state index contributed by atoms with van der Waals surface area (Å²) in [6.45, 7) is 2.08. The van der Waals surface area contributed by atoms with Crippen LogP contribution < -0.4 is 0 Å². The third-order valence-corrected chi connectivity index (χ3v) is 4.34. The Morgan fingerprint density at radius 2 is 2.14 bits per heavy atom. The Morgan fingerprint density at radius 1 is 1.19 bits per heavy atom. The Hall–Kier alpha value is -2.60. The Bertz CT molecular complexity index is 910. The summed E-state index contributed by atoms with van der Waals surface area (Å²) < 4.78 is 0. The second-order valence-electron chi connectivity index (χ2n) is 4.70. The topological polar surface area (TPSA) is 67.3 Å². The van der Waals surface area contributed by atoms with E-state index in [0.717, 1.165) is 27.3 Å². The summed E-state index contributed by atoms with van der Waals surface area (Å²) in [4.78, 5) is 14.4. The number of aromatic amines is 1. The Labute approximate surface area is 124 Å². The lowest BCUT2D eigenvalue weighted by Gasteiger charge is -2.00. The van der Waals surface area contributed by atoms with Gasteiger partial charge in [0.25, 0.3) is 0 Å². The minimum atomic E-state index is 0.630. The van der Waals surface area contributed by atoms with E-state index >= 15 is 0 Å². The average molecular weight is 293 g/mol. The van der Waals surface area contributed by atoms with E-state index in [1.807, 2.05) is 12.1 Å². The van der Waals surface area contributed by atoms with Crippen molar-refractivity contribution >= 4 is 22.5 Å². The van der Waals surface area contributed by atoms with Gasteiger partial charge in [0, 0.05) is 18.0 Å². The number of aryl methyl sites for hydroxylation is 1. The number of nitrogens with zero attached hydrogens (tertiary/aromatic N) is 4. The molecule has 0 aromatic carbocycles. The van der Waals surface area contributed by atoms with E-state index in [2.05, 4.69) is 38.5 Å². The van der Waals surface area contributed by atoms with Gasteiger partial charge < -0.3 is 0 Å². The van der Waals surface area contributed by atoms with Gasteiger partial charge in [-0.05, 0) is 36.1 Å². The van der Waals surface area contributed by atoms with Gasteiger partial charge in [-0.2, -0.15) is 5.10 Å². The quantitative estimate of drug-likeness (QED) is 0.614. The highest BCUT2D eigenvalue weighted by Gasteiger charge is 2.14. The minimum Gasteiger partial charge on any atom is -0.273 e. The van der Waals surface area contributed by atoms with Crippen molar-refractivity contribution in [2.24, 2.45) is 0 Å². The first-order valence-electron chi connectivity index (χ1n) is 6.49. The summed E-state index contributed by atoms with van der Waals surface area (Å²) in [6.07, 6.45) is 5.25. The molecule has 1 N–H and O–H groups in total. The van der Waals surface area contributed by atoms with Crippen LogP contribution in [0, 0.1) is 6.92 Å². The van der Waals surface area contributed by atoms with Gasteiger partial charge in [0.05, 0.1) is 16.8 Å². The van der Waals surface area contributed by atoms with Crippen LogP contribution in [0.4, 0.5) is 0 Å². The number of aromatic nitrogens is 5. The van der Waals surface area contributed by atoms with Gasteiger partial charge in [0.2, 0.25) is 0 Å². The van der Waals surface area contributed by atoms with Gasteiger partial charge in [0.15, 0.2) is 5.65 Å². The predicted octanol–water partition coefficient (Wildman–Crippen LogP) is 3.45. The lowest BCUT2D eigenvalue weighted by Crippen LogP contribution is -1.88. The maximum atomic E-state index is 4.71. The fourth-order valence-electron chi connectivity index (χ4n) is 2.23. The molecule has 4 heterocycles. The standard InChI is InChI=1S/C15H11N5S/c1-9-4-6-21-14(9)12-13-15(20-19-12)17-8-11(18-13)10-3-2-5-16-7-10/h2-8H,1H3,(H,17,19,20). The molecule has 0 aliphatic heterocycles. The van der Waals surface area contributed by atoms with Gasteiger partial charge in [0.1, 0.15) is 11.2 Å². The molecular formula is C15H11N5S. The van der Waals surface area contributed by atoms with E-state index in [4.69, 9.17) is 4.98 Å². The Balaban J connectivity index is 1.93. The molecule has 0 bridgehead atoms. The maximum absolute atomic E-state index is 4.71. The highest BCUT2D eigenvalue weighted by Crippen LogP contribution is 2.32. The van der Waals surface area contributed by atoms with Crippen molar-refractivity contribution in [1.29, 1.82) is 0 Å². The van der Waals surface area contributed by atoms with E-state index in [0.29, 0.717) is 5.65 Å². The molecule has 0 aliphatic carbocycles. The van der Waals surface area contributed by atoms with Gasteiger partial charge in [-0.25, -0.2) is 9.97 Å². The van der Waals surface area contributed by atoms with E-state index in [1.165, 1.54) is 5.56 Å². The lowest BCUT2D eigenvalue weighted by molar-refractivity contribution is 1.10. The molecule has 4 aromatic rings. The third-order valence-electron chi connectivity index (χ3n) is 3.31. The molecule has 0 spiro atoms. The summed E-state index contributed by atoms with van der Waals surface area (Å²) in [5.41, 5.74) is 5.30. The highest BCUT2D eigenvalue weighted by molar-refractivity contribution is 7.13. The van der Waals surface area contributed by atoms with Crippen LogP contribution in [0.3, 0.4) is 0 Å². The zero-order chi connectivity index (χ0) is 14.2. The zero-order valence-corrected chi connectivity index (χ0v) is 12.1. The highest BCUT2D eigenvalue weighted by atomic mass is 32.1. The maximum Gasteiger partial charge on any atom is 0.200 e. The molecule has 0 aliphatic rings. The van der Waals surface area contributed by atoms with Crippen LogP contribution >= 0.6 is 11.3 Å². The first kappa shape index (κ1) is 12.2. The van der Waals surface area contributed by atoms with Crippen LogP contribution in [0.5, 0.6) is 0 Å².